The van der Waals surface area contributed by atoms with Crippen LogP contribution >= 0.6 is 12.4 Å². The standard InChI is InChI=1S/C15H23FN4O2.ClH/c1-2-7-17-8-9-18-14(21)11-20-15(22)19-10-12-3-5-13(16)6-4-12;/h3-6,17H,2,7-11H2,1H3,(H,18,21)(H2,19,20,22);1H. The van der Waals surface area contributed by atoms with Crippen LogP contribution in [0.25, 0.3) is 0 Å². The number of hydrogen-bond donors (Lipinski definition) is 4. The molecule has 1 aromatic rings. The molecule has 4 N–H and O–H groups in total. The second-order valence-corrected chi connectivity index (χ2v) is 4.76. The van der Waals surface area contributed by atoms with Gasteiger partial charge in [0.25, 0.3) is 0 Å². The van der Waals surface area contributed by atoms with Crippen LogP contribution < -0.4 is 21.3 Å². The molecular weight excluding hydrogens is 323 g/mol. The zero-order valence-electron chi connectivity index (χ0n) is 13.2. The van der Waals surface area contributed by atoms with Gasteiger partial charge in [0.1, 0.15) is 5.82 Å². The van der Waals surface area contributed by atoms with Crippen molar-refractivity contribution >= 4 is 24.3 Å². The fourth-order valence-electron chi connectivity index (χ4n) is 1.66. The molecule has 0 saturated heterocycles. The molecule has 0 spiro atoms. The normalized spacial score (nSPS) is 9.65. The molecule has 1 aromatic carbocycles. The molecule has 0 fully saturated rings. The summed E-state index contributed by atoms with van der Waals surface area (Å²) >= 11 is 0. The van der Waals surface area contributed by atoms with Crippen molar-refractivity contribution in [3.63, 3.8) is 0 Å². The second kappa shape index (κ2) is 12.7. The summed E-state index contributed by atoms with van der Waals surface area (Å²) in [6.45, 7) is 4.41. The van der Waals surface area contributed by atoms with Crippen molar-refractivity contribution in [2.24, 2.45) is 0 Å². The molecule has 0 saturated carbocycles. The Morgan fingerprint density at radius 2 is 1.70 bits per heavy atom. The van der Waals surface area contributed by atoms with Crippen molar-refractivity contribution < 1.29 is 14.0 Å². The van der Waals surface area contributed by atoms with Crippen molar-refractivity contribution in [2.45, 2.75) is 19.9 Å². The topological polar surface area (TPSA) is 82.3 Å². The molecule has 0 radical (unpaired) electrons. The molecule has 0 aliphatic rings. The van der Waals surface area contributed by atoms with E-state index in [9.17, 15) is 14.0 Å². The third-order valence-corrected chi connectivity index (χ3v) is 2.83. The van der Waals surface area contributed by atoms with Crippen molar-refractivity contribution in [3.8, 4) is 0 Å². The van der Waals surface area contributed by atoms with Crippen molar-refractivity contribution in [1.82, 2.24) is 21.3 Å². The minimum absolute atomic E-state index is 0. The first-order valence-corrected chi connectivity index (χ1v) is 7.35. The molecule has 23 heavy (non-hydrogen) atoms. The summed E-state index contributed by atoms with van der Waals surface area (Å²) in [7, 11) is 0. The van der Waals surface area contributed by atoms with Crippen molar-refractivity contribution in [1.29, 1.82) is 0 Å². The Kier molecular flexibility index (Phi) is 11.6. The predicted octanol–water partition coefficient (Wildman–Crippen LogP) is 1.16. The molecule has 0 unspecified atom stereocenters. The third kappa shape index (κ3) is 10.5. The SMILES string of the molecule is CCCNCCNC(=O)CNC(=O)NCc1ccc(F)cc1.Cl. The maximum atomic E-state index is 12.7. The largest absolute Gasteiger partial charge is 0.353 e. The highest BCUT2D eigenvalue weighted by molar-refractivity contribution is 5.85. The number of rotatable bonds is 9. The molecule has 0 bridgehead atoms. The monoisotopic (exact) mass is 346 g/mol. The van der Waals surface area contributed by atoms with Gasteiger partial charge in [0.2, 0.25) is 5.91 Å². The van der Waals surface area contributed by atoms with Crippen LogP contribution in [0.4, 0.5) is 9.18 Å². The Morgan fingerprint density at radius 3 is 2.35 bits per heavy atom. The van der Waals surface area contributed by atoms with Gasteiger partial charge in [-0.2, -0.15) is 0 Å². The van der Waals surface area contributed by atoms with E-state index in [1.807, 2.05) is 0 Å². The zero-order chi connectivity index (χ0) is 16.2. The molecule has 130 valence electrons. The molecule has 0 aliphatic carbocycles. The van der Waals surface area contributed by atoms with Gasteiger partial charge in [-0.3, -0.25) is 4.79 Å². The van der Waals surface area contributed by atoms with E-state index in [0.717, 1.165) is 18.5 Å². The first kappa shape index (κ1) is 21.1. The number of carbonyl (C=O) groups is 2. The smallest absolute Gasteiger partial charge is 0.315 e. The maximum absolute atomic E-state index is 12.7. The van der Waals surface area contributed by atoms with E-state index in [0.29, 0.717) is 13.1 Å². The van der Waals surface area contributed by atoms with E-state index in [2.05, 4.69) is 28.2 Å². The van der Waals surface area contributed by atoms with Crippen LogP contribution in [0.2, 0.25) is 0 Å². The number of nitrogens with one attached hydrogen (secondary N) is 4. The number of carbonyl (C=O) groups excluding carboxylic acids is 2. The molecule has 1 rings (SSSR count). The van der Waals surface area contributed by atoms with Crippen LogP contribution in [0.3, 0.4) is 0 Å². The van der Waals surface area contributed by atoms with Crippen LogP contribution in [-0.4, -0.2) is 38.1 Å². The van der Waals surface area contributed by atoms with E-state index in [1.54, 1.807) is 12.1 Å². The lowest BCUT2D eigenvalue weighted by molar-refractivity contribution is -0.120. The minimum atomic E-state index is -0.441. The highest BCUT2D eigenvalue weighted by Gasteiger charge is 2.04. The number of urea groups is 1. The Bertz CT molecular complexity index is 471. The maximum Gasteiger partial charge on any atom is 0.315 e. The Hall–Kier alpha value is -1.86. The van der Waals surface area contributed by atoms with E-state index in [1.165, 1.54) is 12.1 Å². The summed E-state index contributed by atoms with van der Waals surface area (Å²) in [5.74, 6) is -0.562. The number of hydrogen-bond acceptors (Lipinski definition) is 3. The molecular formula is C15H24ClFN4O2. The molecule has 0 heterocycles. The first-order valence-electron chi connectivity index (χ1n) is 7.35. The highest BCUT2D eigenvalue weighted by Crippen LogP contribution is 2.01. The third-order valence-electron chi connectivity index (χ3n) is 2.83. The van der Waals surface area contributed by atoms with Gasteiger partial charge >= 0.3 is 6.03 Å². The van der Waals surface area contributed by atoms with Crippen LogP contribution in [0.1, 0.15) is 18.9 Å². The summed E-state index contributed by atoms with van der Waals surface area (Å²) < 4.78 is 12.7. The van der Waals surface area contributed by atoms with Crippen LogP contribution in [0, 0.1) is 5.82 Å². The lowest BCUT2D eigenvalue weighted by Crippen LogP contribution is -2.43. The summed E-state index contributed by atoms with van der Waals surface area (Å²) in [4.78, 5) is 23.0. The Labute approximate surface area is 142 Å². The lowest BCUT2D eigenvalue weighted by Gasteiger charge is -2.09. The lowest BCUT2D eigenvalue weighted by atomic mass is 10.2. The predicted molar refractivity (Wildman–Crippen MR) is 90.1 cm³/mol. The van der Waals surface area contributed by atoms with Gasteiger partial charge in [-0.1, -0.05) is 19.1 Å². The fourth-order valence-corrected chi connectivity index (χ4v) is 1.66. The summed E-state index contributed by atoms with van der Waals surface area (Å²) in [6.07, 6.45) is 1.05. The van der Waals surface area contributed by atoms with Crippen LogP contribution in [0.15, 0.2) is 24.3 Å². The number of amides is 3. The quantitative estimate of drug-likeness (QED) is 0.506. The molecule has 6 nitrogen and oxygen atoms in total. The minimum Gasteiger partial charge on any atom is -0.353 e. The molecule has 0 aromatic heterocycles. The van der Waals surface area contributed by atoms with Gasteiger partial charge in [0.05, 0.1) is 6.54 Å². The summed E-state index contributed by atoms with van der Waals surface area (Å²) in [5, 5.41) is 10.9. The average molecular weight is 347 g/mol. The van der Waals surface area contributed by atoms with Gasteiger partial charge in [-0.05, 0) is 30.7 Å². The molecule has 0 atom stereocenters. The van der Waals surface area contributed by atoms with E-state index in [4.69, 9.17) is 0 Å². The molecule has 0 aliphatic heterocycles. The highest BCUT2D eigenvalue weighted by atomic mass is 35.5. The first-order chi connectivity index (χ1) is 10.6. The second-order valence-electron chi connectivity index (χ2n) is 4.76. The van der Waals surface area contributed by atoms with Crippen LogP contribution in [-0.2, 0) is 11.3 Å². The summed E-state index contributed by atoms with van der Waals surface area (Å²) in [6, 6.07) is 5.39. The van der Waals surface area contributed by atoms with Crippen molar-refractivity contribution in [2.75, 3.05) is 26.2 Å². The van der Waals surface area contributed by atoms with Gasteiger partial charge in [0, 0.05) is 19.6 Å². The van der Waals surface area contributed by atoms with E-state index < -0.39 is 6.03 Å². The van der Waals surface area contributed by atoms with Gasteiger partial charge in [0.15, 0.2) is 0 Å². The van der Waals surface area contributed by atoms with Crippen LogP contribution in [0.5, 0.6) is 0 Å². The van der Waals surface area contributed by atoms with Crippen molar-refractivity contribution in [3.05, 3.63) is 35.6 Å². The van der Waals surface area contributed by atoms with Gasteiger partial charge in [-0.15, -0.1) is 12.4 Å². The molecule has 3 amide bonds. The average Bonchev–Trinajstić information content (AvgIpc) is 2.52. The molecule has 8 heteroatoms. The zero-order valence-corrected chi connectivity index (χ0v) is 14.0. The fraction of sp³-hybridized carbons (Fsp3) is 0.467. The number of benzene rings is 1. The van der Waals surface area contributed by atoms with E-state index >= 15 is 0 Å². The Balaban J connectivity index is 0.00000484. The van der Waals surface area contributed by atoms with Gasteiger partial charge < -0.3 is 21.3 Å². The van der Waals surface area contributed by atoms with E-state index in [-0.39, 0.29) is 37.2 Å². The number of halogens is 2. The Morgan fingerprint density at radius 1 is 1.00 bits per heavy atom. The van der Waals surface area contributed by atoms with Gasteiger partial charge in [-0.25, -0.2) is 9.18 Å². The summed E-state index contributed by atoms with van der Waals surface area (Å²) in [5.41, 5.74) is 0.781.